The third kappa shape index (κ3) is 6.83. The van der Waals surface area contributed by atoms with Crippen LogP contribution < -0.4 is 5.73 Å². The van der Waals surface area contributed by atoms with Gasteiger partial charge in [0.25, 0.3) is 0 Å². The minimum absolute atomic E-state index is 0. The molecule has 2 fully saturated rings. The average molecular weight is 431 g/mol. The number of carbonyl (C=O) groups is 2. The Morgan fingerprint density at radius 1 is 0.821 bits per heavy atom. The molecule has 8 heteroatoms. The second kappa shape index (κ2) is 12.1. The van der Waals surface area contributed by atoms with Gasteiger partial charge in [0.2, 0.25) is 11.8 Å². The number of nitrogen functional groups attached to an aromatic ring is 1. The van der Waals surface area contributed by atoms with Crippen molar-refractivity contribution in [3.63, 3.8) is 0 Å². The molecule has 0 spiro atoms. The number of anilines is 1. The Kier molecular flexibility index (Phi) is 10.6. The van der Waals surface area contributed by atoms with E-state index in [0.29, 0.717) is 25.9 Å². The lowest BCUT2D eigenvalue weighted by Crippen LogP contribution is -2.41. The molecule has 0 atom stereocenters. The Bertz CT molecular complexity index is 638. The van der Waals surface area contributed by atoms with Crippen molar-refractivity contribution >= 4 is 42.3 Å². The highest BCUT2D eigenvalue weighted by molar-refractivity contribution is 5.85. The van der Waals surface area contributed by atoms with E-state index in [2.05, 4.69) is 4.90 Å². The van der Waals surface area contributed by atoms with Crippen molar-refractivity contribution in [3.8, 4) is 0 Å². The number of rotatable bonds is 5. The van der Waals surface area contributed by atoms with Crippen LogP contribution in [-0.2, 0) is 16.0 Å². The summed E-state index contributed by atoms with van der Waals surface area (Å²) in [5.74, 6) is 0.419. The average Bonchev–Trinajstić information content (AvgIpc) is 3.08. The molecule has 2 aliphatic heterocycles. The van der Waals surface area contributed by atoms with Gasteiger partial charge in [0.1, 0.15) is 0 Å². The molecule has 1 aromatic rings. The van der Waals surface area contributed by atoms with Gasteiger partial charge in [-0.2, -0.15) is 0 Å². The molecule has 1 aromatic carbocycles. The Labute approximate surface area is 180 Å². The smallest absolute Gasteiger partial charge is 0.236 e. The van der Waals surface area contributed by atoms with Crippen molar-refractivity contribution in [1.82, 2.24) is 14.7 Å². The standard InChI is InChI=1S/C20H30N4O2.2ClH/c21-18-7-2-1-6-17(18)8-9-19(25)24-13-5-10-22(14-15-24)16-20(26)23-11-3-4-12-23;;/h1-2,6-7H,3-5,8-16,21H2;2*1H. The summed E-state index contributed by atoms with van der Waals surface area (Å²) < 4.78 is 0. The van der Waals surface area contributed by atoms with Gasteiger partial charge in [-0.05, 0) is 37.3 Å². The van der Waals surface area contributed by atoms with Crippen LogP contribution in [-0.4, -0.2) is 72.3 Å². The first kappa shape index (κ1) is 24.5. The molecule has 0 unspecified atom stereocenters. The van der Waals surface area contributed by atoms with E-state index >= 15 is 0 Å². The zero-order valence-electron chi connectivity index (χ0n) is 16.3. The third-order valence-electron chi connectivity index (χ3n) is 5.42. The highest BCUT2D eigenvalue weighted by Gasteiger charge is 2.23. The minimum atomic E-state index is 0. The Morgan fingerprint density at radius 3 is 2.18 bits per heavy atom. The number of nitrogens with two attached hydrogens (primary N) is 1. The Balaban J connectivity index is 0.00000196. The molecule has 28 heavy (non-hydrogen) atoms. The zero-order valence-corrected chi connectivity index (χ0v) is 18.0. The lowest BCUT2D eigenvalue weighted by Gasteiger charge is -2.24. The fourth-order valence-electron chi connectivity index (χ4n) is 3.80. The van der Waals surface area contributed by atoms with Crippen LogP contribution in [0.25, 0.3) is 0 Å². The molecule has 0 aliphatic carbocycles. The van der Waals surface area contributed by atoms with E-state index in [1.165, 1.54) is 0 Å². The van der Waals surface area contributed by atoms with Gasteiger partial charge in [-0.3, -0.25) is 14.5 Å². The van der Waals surface area contributed by atoms with E-state index < -0.39 is 0 Å². The lowest BCUT2D eigenvalue weighted by atomic mass is 10.1. The first-order valence-electron chi connectivity index (χ1n) is 9.75. The summed E-state index contributed by atoms with van der Waals surface area (Å²) in [6.07, 6.45) is 4.34. The van der Waals surface area contributed by atoms with Gasteiger partial charge in [-0.25, -0.2) is 0 Å². The molecular weight excluding hydrogens is 399 g/mol. The Hall–Kier alpha value is -1.50. The van der Waals surface area contributed by atoms with E-state index in [0.717, 1.165) is 63.2 Å². The molecule has 0 bridgehead atoms. The first-order valence-corrected chi connectivity index (χ1v) is 9.75. The van der Waals surface area contributed by atoms with Crippen LogP contribution in [0, 0.1) is 0 Å². The number of likely N-dealkylation sites (tertiary alicyclic amines) is 1. The predicted octanol–water partition coefficient (Wildman–Crippen LogP) is 2.20. The number of amides is 2. The number of nitrogens with zero attached hydrogens (tertiary/aromatic N) is 3. The van der Waals surface area contributed by atoms with E-state index in [9.17, 15) is 9.59 Å². The van der Waals surface area contributed by atoms with Gasteiger partial charge in [-0.1, -0.05) is 18.2 Å². The van der Waals surface area contributed by atoms with Crippen molar-refractivity contribution in [1.29, 1.82) is 0 Å². The fraction of sp³-hybridized carbons (Fsp3) is 0.600. The second-order valence-corrected chi connectivity index (χ2v) is 7.30. The van der Waals surface area contributed by atoms with Crippen molar-refractivity contribution in [2.75, 3.05) is 51.5 Å². The topological polar surface area (TPSA) is 69.9 Å². The van der Waals surface area contributed by atoms with Crippen LogP contribution in [0.15, 0.2) is 24.3 Å². The molecular formula is C20H32Cl2N4O2. The maximum absolute atomic E-state index is 12.6. The number of hydrogen-bond acceptors (Lipinski definition) is 4. The minimum Gasteiger partial charge on any atom is -0.399 e. The van der Waals surface area contributed by atoms with Crippen molar-refractivity contribution in [2.45, 2.75) is 32.1 Å². The summed E-state index contributed by atoms with van der Waals surface area (Å²) in [7, 11) is 0. The van der Waals surface area contributed by atoms with E-state index in [1.54, 1.807) is 0 Å². The third-order valence-corrected chi connectivity index (χ3v) is 5.42. The molecule has 6 nitrogen and oxygen atoms in total. The molecule has 0 saturated carbocycles. The summed E-state index contributed by atoms with van der Waals surface area (Å²) in [5, 5.41) is 0. The van der Waals surface area contributed by atoms with E-state index in [-0.39, 0.29) is 36.6 Å². The number of hydrogen-bond donors (Lipinski definition) is 1. The number of carbonyl (C=O) groups excluding carboxylic acids is 2. The molecule has 2 heterocycles. The second-order valence-electron chi connectivity index (χ2n) is 7.30. The Morgan fingerprint density at radius 2 is 1.46 bits per heavy atom. The molecule has 2 aliphatic rings. The van der Waals surface area contributed by atoms with Crippen LogP contribution in [0.4, 0.5) is 5.69 Å². The van der Waals surface area contributed by atoms with Gasteiger partial charge in [0, 0.05) is 51.4 Å². The highest BCUT2D eigenvalue weighted by Crippen LogP contribution is 2.14. The first-order chi connectivity index (χ1) is 12.6. The van der Waals surface area contributed by atoms with Crippen LogP contribution in [0.3, 0.4) is 0 Å². The number of para-hydroxylation sites is 1. The fourth-order valence-corrected chi connectivity index (χ4v) is 3.80. The normalized spacial score (nSPS) is 17.4. The van der Waals surface area contributed by atoms with Gasteiger partial charge < -0.3 is 15.5 Å². The van der Waals surface area contributed by atoms with Crippen molar-refractivity contribution in [3.05, 3.63) is 29.8 Å². The van der Waals surface area contributed by atoms with Crippen LogP contribution in [0.1, 0.15) is 31.2 Å². The summed E-state index contributed by atoms with van der Waals surface area (Å²) >= 11 is 0. The molecule has 3 rings (SSSR count). The van der Waals surface area contributed by atoms with Gasteiger partial charge in [-0.15, -0.1) is 24.8 Å². The summed E-state index contributed by atoms with van der Waals surface area (Å²) in [4.78, 5) is 31.0. The molecule has 0 aromatic heterocycles. The largest absolute Gasteiger partial charge is 0.399 e. The highest BCUT2D eigenvalue weighted by atomic mass is 35.5. The molecule has 2 amide bonds. The molecule has 2 N–H and O–H groups in total. The van der Waals surface area contributed by atoms with E-state index in [4.69, 9.17) is 5.73 Å². The zero-order chi connectivity index (χ0) is 18.4. The quantitative estimate of drug-likeness (QED) is 0.726. The summed E-state index contributed by atoms with van der Waals surface area (Å²) in [5.41, 5.74) is 7.75. The monoisotopic (exact) mass is 430 g/mol. The maximum atomic E-state index is 12.6. The number of aryl methyl sites for hydroxylation is 1. The molecule has 2 saturated heterocycles. The van der Waals surface area contributed by atoms with Gasteiger partial charge in [0.15, 0.2) is 0 Å². The van der Waals surface area contributed by atoms with Crippen LogP contribution in [0.2, 0.25) is 0 Å². The van der Waals surface area contributed by atoms with Crippen molar-refractivity contribution < 1.29 is 9.59 Å². The van der Waals surface area contributed by atoms with E-state index in [1.807, 2.05) is 34.1 Å². The predicted molar refractivity (Wildman–Crippen MR) is 117 cm³/mol. The number of benzene rings is 1. The van der Waals surface area contributed by atoms with Gasteiger partial charge >= 0.3 is 0 Å². The van der Waals surface area contributed by atoms with Crippen LogP contribution >= 0.6 is 24.8 Å². The number of halogens is 2. The lowest BCUT2D eigenvalue weighted by molar-refractivity contribution is -0.131. The van der Waals surface area contributed by atoms with Crippen molar-refractivity contribution in [2.24, 2.45) is 0 Å². The molecule has 0 radical (unpaired) electrons. The summed E-state index contributed by atoms with van der Waals surface area (Å²) in [6.45, 7) is 5.43. The SMILES string of the molecule is Cl.Cl.Nc1ccccc1CCC(=O)N1CCCN(CC(=O)N2CCCC2)CC1. The maximum Gasteiger partial charge on any atom is 0.236 e. The molecule has 158 valence electrons. The van der Waals surface area contributed by atoms with Gasteiger partial charge in [0.05, 0.1) is 6.54 Å². The summed E-state index contributed by atoms with van der Waals surface area (Å²) in [6, 6.07) is 7.72. The van der Waals surface area contributed by atoms with Crippen LogP contribution in [0.5, 0.6) is 0 Å².